The molecule has 0 aliphatic carbocycles. The molecule has 0 atom stereocenters. The maximum Gasteiger partial charge on any atom is 0.168 e. The highest BCUT2D eigenvalue weighted by Crippen LogP contribution is 2.34. The number of ether oxygens (including phenoxy) is 1. The Balaban J connectivity index is 2.98. The fraction of sp³-hybridized carbons (Fsp3) is 0.100. The molecule has 2 rings (SSSR count). The molecule has 1 heterocycles. The third kappa shape index (κ3) is 1.51. The van der Waals surface area contributed by atoms with Gasteiger partial charge in [0.05, 0.1) is 12.5 Å². The van der Waals surface area contributed by atoms with E-state index in [0.29, 0.717) is 0 Å². The van der Waals surface area contributed by atoms with E-state index in [1.807, 2.05) is 0 Å². The minimum atomic E-state index is -0.794. The van der Waals surface area contributed by atoms with Gasteiger partial charge in [-0.2, -0.15) is 0 Å². The van der Waals surface area contributed by atoms with Gasteiger partial charge < -0.3 is 4.74 Å². The van der Waals surface area contributed by atoms with Crippen molar-refractivity contribution >= 4 is 22.4 Å². The number of fused-ring (bicyclic) bond motifs is 1. The maximum atomic E-state index is 13.4. The molecule has 0 spiro atoms. The summed E-state index contributed by atoms with van der Waals surface area (Å²) in [5, 5.41) is 0.357. The molecule has 0 saturated heterocycles. The normalized spacial score (nSPS) is 10.7. The average Bonchev–Trinajstić information content (AvgIpc) is 2.20. The van der Waals surface area contributed by atoms with E-state index in [2.05, 4.69) is 4.98 Å². The third-order valence-corrected chi connectivity index (χ3v) is 2.35. The van der Waals surface area contributed by atoms with Gasteiger partial charge in [0.25, 0.3) is 0 Å². The molecule has 5 heteroatoms. The Hall–Kier alpha value is -1.42. The number of benzene rings is 1. The van der Waals surface area contributed by atoms with E-state index in [-0.39, 0.29) is 21.7 Å². The Morgan fingerprint density at radius 2 is 2.07 bits per heavy atom. The molecule has 1 aromatic heterocycles. The summed E-state index contributed by atoms with van der Waals surface area (Å²) in [6.07, 6.45) is 1.35. The van der Waals surface area contributed by atoms with Gasteiger partial charge in [-0.25, -0.2) is 13.8 Å². The lowest BCUT2D eigenvalue weighted by atomic mass is 10.1. The van der Waals surface area contributed by atoms with Crippen molar-refractivity contribution in [3.8, 4) is 5.75 Å². The highest BCUT2D eigenvalue weighted by molar-refractivity contribution is 6.34. The molecule has 2 aromatic rings. The molecule has 0 saturated carbocycles. The fourth-order valence-electron chi connectivity index (χ4n) is 1.42. The Bertz CT molecular complexity index is 530. The molecule has 0 radical (unpaired) electrons. The SMILES string of the molecule is COc1c(F)cc(F)c2ccnc(Cl)c12. The zero-order valence-electron chi connectivity index (χ0n) is 7.72. The number of hydrogen-bond acceptors (Lipinski definition) is 2. The molecule has 0 unspecified atom stereocenters. The molecule has 0 aliphatic rings. The Kier molecular flexibility index (Phi) is 2.44. The van der Waals surface area contributed by atoms with E-state index in [1.54, 1.807) is 0 Å². The second kappa shape index (κ2) is 3.62. The van der Waals surface area contributed by atoms with Gasteiger partial charge in [0.15, 0.2) is 11.6 Å². The predicted octanol–water partition coefficient (Wildman–Crippen LogP) is 3.18. The van der Waals surface area contributed by atoms with Gasteiger partial charge in [-0.15, -0.1) is 0 Å². The van der Waals surface area contributed by atoms with Crippen molar-refractivity contribution in [2.45, 2.75) is 0 Å². The molecule has 1 aromatic carbocycles. The first-order chi connectivity index (χ1) is 7.15. The molecule has 2 nitrogen and oxygen atoms in total. The van der Waals surface area contributed by atoms with Crippen molar-refractivity contribution in [2.24, 2.45) is 0 Å². The van der Waals surface area contributed by atoms with Crippen LogP contribution in [0.4, 0.5) is 8.78 Å². The van der Waals surface area contributed by atoms with Gasteiger partial charge in [-0.1, -0.05) is 11.6 Å². The number of hydrogen-bond donors (Lipinski definition) is 0. The van der Waals surface area contributed by atoms with Gasteiger partial charge in [0.1, 0.15) is 11.0 Å². The molecule has 15 heavy (non-hydrogen) atoms. The summed E-state index contributed by atoms with van der Waals surface area (Å²) in [4.78, 5) is 3.75. The zero-order valence-corrected chi connectivity index (χ0v) is 8.48. The second-order valence-corrected chi connectivity index (χ2v) is 3.26. The molecule has 78 valence electrons. The number of methoxy groups -OCH3 is 1. The topological polar surface area (TPSA) is 22.1 Å². The Morgan fingerprint density at radius 3 is 2.73 bits per heavy atom. The van der Waals surface area contributed by atoms with E-state index in [0.717, 1.165) is 6.07 Å². The van der Waals surface area contributed by atoms with Crippen molar-refractivity contribution in [2.75, 3.05) is 7.11 Å². The van der Waals surface area contributed by atoms with Gasteiger partial charge >= 0.3 is 0 Å². The molecule has 0 bridgehead atoms. The van der Waals surface area contributed by atoms with Crippen LogP contribution < -0.4 is 4.74 Å². The summed E-state index contributed by atoms with van der Waals surface area (Å²) in [7, 11) is 1.29. The van der Waals surface area contributed by atoms with Crippen molar-refractivity contribution in [3.63, 3.8) is 0 Å². The minimum absolute atomic E-state index is 0.0164. The summed E-state index contributed by atoms with van der Waals surface area (Å²) >= 11 is 5.76. The van der Waals surface area contributed by atoms with Crippen LogP contribution in [-0.2, 0) is 0 Å². The lowest BCUT2D eigenvalue weighted by Crippen LogP contribution is -1.94. The van der Waals surface area contributed by atoms with E-state index >= 15 is 0 Å². The van der Waals surface area contributed by atoms with E-state index < -0.39 is 11.6 Å². The summed E-state index contributed by atoms with van der Waals surface area (Å²) in [6.45, 7) is 0. The van der Waals surface area contributed by atoms with E-state index in [4.69, 9.17) is 16.3 Å². The Labute approximate surface area is 89.4 Å². The summed E-state index contributed by atoms with van der Waals surface area (Å²) < 4.78 is 31.5. The van der Waals surface area contributed by atoms with Crippen molar-refractivity contribution in [1.82, 2.24) is 4.98 Å². The molecule has 0 amide bonds. The van der Waals surface area contributed by atoms with Crippen LogP contribution in [0.1, 0.15) is 0 Å². The highest BCUT2D eigenvalue weighted by Gasteiger charge is 2.15. The first-order valence-corrected chi connectivity index (χ1v) is 4.49. The largest absolute Gasteiger partial charge is 0.493 e. The number of nitrogens with zero attached hydrogens (tertiary/aromatic N) is 1. The van der Waals surface area contributed by atoms with Gasteiger partial charge in [-0.05, 0) is 6.07 Å². The first kappa shape index (κ1) is 10.1. The minimum Gasteiger partial charge on any atom is -0.493 e. The lowest BCUT2D eigenvalue weighted by Gasteiger charge is -2.08. The number of halogens is 3. The summed E-state index contributed by atoms with van der Waals surface area (Å²) in [5.41, 5.74) is 0. The molecular weight excluding hydrogens is 224 g/mol. The van der Waals surface area contributed by atoms with E-state index in [9.17, 15) is 8.78 Å². The van der Waals surface area contributed by atoms with Crippen molar-refractivity contribution in [1.29, 1.82) is 0 Å². The van der Waals surface area contributed by atoms with Gasteiger partial charge in [-0.3, -0.25) is 0 Å². The second-order valence-electron chi connectivity index (χ2n) is 2.90. The van der Waals surface area contributed by atoms with Crippen LogP contribution in [-0.4, -0.2) is 12.1 Å². The van der Waals surface area contributed by atoms with Gasteiger partial charge in [0.2, 0.25) is 0 Å². The van der Waals surface area contributed by atoms with Crippen molar-refractivity contribution < 1.29 is 13.5 Å². The lowest BCUT2D eigenvalue weighted by molar-refractivity contribution is 0.390. The highest BCUT2D eigenvalue weighted by atomic mass is 35.5. The number of rotatable bonds is 1. The molecular formula is C10H6ClF2NO. The molecule has 0 fully saturated rings. The first-order valence-electron chi connectivity index (χ1n) is 4.11. The van der Waals surface area contributed by atoms with E-state index in [1.165, 1.54) is 19.4 Å². The van der Waals surface area contributed by atoms with Crippen LogP contribution in [0.15, 0.2) is 18.3 Å². The smallest absolute Gasteiger partial charge is 0.168 e. The van der Waals surface area contributed by atoms with Crippen LogP contribution in [0.5, 0.6) is 5.75 Å². The standard InChI is InChI=1S/C10H6ClF2NO/c1-15-9-7(13)4-6(12)5-2-3-14-10(11)8(5)9/h2-4H,1H3. The third-order valence-electron chi connectivity index (χ3n) is 2.06. The average molecular weight is 230 g/mol. The van der Waals surface area contributed by atoms with Gasteiger partial charge in [0, 0.05) is 17.6 Å². The van der Waals surface area contributed by atoms with Crippen molar-refractivity contribution in [3.05, 3.63) is 35.1 Å². The zero-order chi connectivity index (χ0) is 11.0. The number of aromatic nitrogens is 1. The predicted molar refractivity (Wildman–Crippen MR) is 53.2 cm³/mol. The van der Waals surface area contributed by atoms with Crippen LogP contribution in [0.25, 0.3) is 10.8 Å². The Morgan fingerprint density at radius 1 is 1.33 bits per heavy atom. The maximum absolute atomic E-state index is 13.4. The summed E-state index contributed by atoms with van der Waals surface area (Å²) in [6, 6.07) is 2.18. The number of pyridine rings is 1. The van der Waals surface area contributed by atoms with Crippen LogP contribution >= 0.6 is 11.6 Å². The van der Waals surface area contributed by atoms with Crippen LogP contribution in [0.3, 0.4) is 0 Å². The fourth-order valence-corrected chi connectivity index (χ4v) is 1.67. The quantitative estimate of drug-likeness (QED) is 0.701. The monoisotopic (exact) mass is 229 g/mol. The summed E-state index contributed by atoms with van der Waals surface area (Å²) in [5.74, 6) is -1.57. The van der Waals surface area contributed by atoms with Crippen LogP contribution in [0, 0.1) is 11.6 Å². The molecule has 0 aliphatic heterocycles. The molecule has 0 N–H and O–H groups in total. The van der Waals surface area contributed by atoms with Crippen LogP contribution in [0.2, 0.25) is 5.15 Å².